The smallest absolute Gasteiger partial charge is 0.227 e. The number of amides is 1. The molecule has 1 aromatic rings. The topological polar surface area (TPSA) is 25.2 Å². The summed E-state index contributed by atoms with van der Waals surface area (Å²) in [6.45, 7) is 4.55. The predicted molar refractivity (Wildman–Crippen MR) is 59.8 cm³/mol. The van der Waals surface area contributed by atoms with Gasteiger partial charge in [-0.25, -0.2) is 0 Å². The van der Waals surface area contributed by atoms with Crippen LogP contribution in [0.4, 0.5) is 0 Å². The number of hydrogen-bond acceptors (Lipinski definition) is 1. The number of rotatable bonds is 3. The van der Waals surface area contributed by atoms with E-state index in [9.17, 15) is 4.79 Å². The lowest BCUT2D eigenvalue weighted by atomic mass is 10.4. The summed E-state index contributed by atoms with van der Waals surface area (Å²) in [5, 5.41) is 0. The summed E-state index contributed by atoms with van der Waals surface area (Å²) < 4.78 is 1.92. The molecule has 1 aromatic heterocycles. The normalized spacial score (nSPS) is 17.2. The highest BCUT2D eigenvalue weighted by Gasteiger charge is 2.21. The van der Waals surface area contributed by atoms with Crippen LogP contribution < -0.4 is 0 Å². The molecule has 1 aliphatic rings. The summed E-state index contributed by atoms with van der Waals surface area (Å²) in [6, 6.07) is 3.89. The molecule has 0 N–H and O–H groups in total. The molecule has 3 heteroatoms. The molecule has 0 radical (unpaired) electrons. The fourth-order valence-corrected chi connectivity index (χ4v) is 1.74. The minimum atomic E-state index is 0.188. The number of hydrogen-bond donors (Lipinski definition) is 0. The molecule has 0 atom stereocenters. The minimum Gasteiger partial charge on any atom is -0.328 e. The lowest BCUT2D eigenvalue weighted by molar-refractivity contribution is -0.125. The molecule has 0 bridgehead atoms. The van der Waals surface area contributed by atoms with Crippen LogP contribution in [0.3, 0.4) is 0 Å². The van der Waals surface area contributed by atoms with Crippen molar-refractivity contribution in [1.29, 1.82) is 0 Å². The SMILES string of the molecule is C=CC(=Cn1cccc1)N1CCCC1=O. The van der Waals surface area contributed by atoms with Crippen molar-refractivity contribution in [2.24, 2.45) is 0 Å². The van der Waals surface area contributed by atoms with E-state index < -0.39 is 0 Å². The van der Waals surface area contributed by atoms with Crippen molar-refractivity contribution >= 4 is 12.1 Å². The van der Waals surface area contributed by atoms with E-state index in [4.69, 9.17) is 0 Å². The summed E-state index contributed by atoms with van der Waals surface area (Å²) in [4.78, 5) is 13.3. The van der Waals surface area contributed by atoms with Crippen molar-refractivity contribution in [3.8, 4) is 0 Å². The Morgan fingerprint density at radius 2 is 2.13 bits per heavy atom. The first kappa shape index (κ1) is 9.77. The number of carbonyl (C=O) groups excluding carboxylic acids is 1. The molecule has 0 unspecified atom stereocenters. The van der Waals surface area contributed by atoms with Crippen molar-refractivity contribution in [1.82, 2.24) is 9.47 Å². The summed E-state index contributed by atoms with van der Waals surface area (Å²) in [5.74, 6) is 0.188. The molecule has 15 heavy (non-hydrogen) atoms. The lowest BCUT2D eigenvalue weighted by Gasteiger charge is -2.16. The highest BCUT2D eigenvalue weighted by Crippen LogP contribution is 2.17. The van der Waals surface area contributed by atoms with Crippen LogP contribution >= 0.6 is 0 Å². The van der Waals surface area contributed by atoms with Gasteiger partial charge >= 0.3 is 0 Å². The van der Waals surface area contributed by atoms with Gasteiger partial charge in [0.1, 0.15) is 0 Å². The number of aromatic nitrogens is 1. The maximum atomic E-state index is 11.5. The Morgan fingerprint density at radius 1 is 1.40 bits per heavy atom. The van der Waals surface area contributed by atoms with Crippen molar-refractivity contribution < 1.29 is 4.79 Å². The molecule has 1 fully saturated rings. The van der Waals surface area contributed by atoms with Gasteiger partial charge in [-0.2, -0.15) is 0 Å². The Morgan fingerprint density at radius 3 is 2.67 bits per heavy atom. The van der Waals surface area contributed by atoms with Gasteiger partial charge in [0.2, 0.25) is 5.91 Å². The second-order valence-corrected chi connectivity index (χ2v) is 3.54. The van der Waals surface area contributed by atoms with Gasteiger partial charge in [0.25, 0.3) is 0 Å². The molecule has 1 amide bonds. The van der Waals surface area contributed by atoms with Gasteiger partial charge in [0.15, 0.2) is 0 Å². The van der Waals surface area contributed by atoms with Crippen molar-refractivity contribution in [3.05, 3.63) is 42.9 Å². The first-order valence-electron chi connectivity index (χ1n) is 5.08. The van der Waals surface area contributed by atoms with E-state index in [-0.39, 0.29) is 5.91 Å². The van der Waals surface area contributed by atoms with Gasteiger partial charge < -0.3 is 9.47 Å². The summed E-state index contributed by atoms with van der Waals surface area (Å²) in [5.41, 5.74) is 0.869. The van der Waals surface area contributed by atoms with Crippen molar-refractivity contribution in [2.45, 2.75) is 12.8 Å². The molecule has 0 saturated carbocycles. The first-order valence-corrected chi connectivity index (χ1v) is 5.08. The molecule has 2 heterocycles. The van der Waals surface area contributed by atoms with Crippen LogP contribution in [0.25, 0.3) is 6.20 Å². The van der Waals surface area contributed by atoms with Crippen LogP contribution in [0.2, 0.25) is 0 Å². The molecular weight excluding hydrogens is 188 g/mol. The third kappa shape index (κ3) is 2.01. The van der Waals surface area contributed by atoms with Gasteiger partial charge in [-0.15, -0.1) is 0 Å². The summed E-state index contributed by atoms with van der Waals surface area (Å²) in [7, 11) is 0. The van der Waals surface area contributed by atoms with E-state index in [0.29, 0.717) is 6.42 Å². The quantitative estimate of drug-likeness (QED) is 0.689. The summed E-state index contributed by atoms with van der Waals surface area (Å²) >= 11 is 0. The molecule has 1 saturated heterocycles. The lowest BCUT2D eigenvalue weighted by Crippen LogP contribution is -2.23. The monoisotopic (exact) mass is 202 g/mol. The van der Waals surface area contributed by atoms with Gasteiger partial charge in [-0.1, -0.05) is 6.58 Å². The predicted octanol–water partition coefficient (Wildman–Crippen LogP) is 2.09. The Kier molecular flexibility index (Phi) is 2.72. The Bertz CT molecular complexity index is 390. The fraction of sp³-hybridized carbons (Fsp3) is 0.250. The molecule has 1 aliphatic heterocycles. The van der Waals surface area contributed by atoms with Gasteiger partial charge in [-0.05, 0) is 24.6 Å². The molecule has 2 rings (SSSR count). The molecular formula is C12H14N2O. The van der Waals surface area contributed by atoms with Gasteiger partial charge in [-0.3, -0.25) is 4.79 Å². The van der Waals surface area contributed by atoms with E-state index in [2.05, 4.69) is 6.58 Å². The highest BCUT2D eigenvalue weighted by atomic mass is 16.2. The van der Waals surface area contributed by atoms with E-state index >= 15 is 0 Å². The van der Waals surface area contributed by atoms with Crippen molar-refractivity contribution in [2.75, 3.05) is 6.54 Å². The van der Waals surface area contributed by atoms with Gasteiger partial charge in [0.05, 0.1) is 5.70 Å². The third-order valence-electron chi connectivity index (χ3n) is 2.50. The maximum Gasteiger partial charge on any atom is 0.227 e. The zero-order chi connectivity index (χ0) is 10.7. The molecule has 0 aliphatic carbocycles. The highest BCUT2D eigenvalue weighted by molar-refractivity contribution is 5.81. The number of nitrogens with zero attached hydrogens (tertiary/aromatic N) is 2. The van der Waals surface area contributed by atoms with Crippen LogP contribution in [0.5, 0.6) is 0 Å². The second kappa shape index (κ2) is 4.17. The average Bonchev–Trinajstić information content (AvgIpc) is 2.85. The number of likely N-dealkylation sites (tertiary alicyclic amines) is 1. The van der Waals surface area contributed by atoms with Crippen LogP contribution in [0.15, 0.2) is 42.9 Å². The third-order valence-corrected chi connectivity index (χ3v) is 2.50. The Hall–Kier alpha value is -1.77. The molecule has 78 valence electrons. The van der Waals surface area contributed by atoms with Crippen LogP contribution in [-0.4, -0.2) is 21.9 Å². The summed E-state index contributed by atoms with van der Waals surface area (Å²) in [6.07, 6.45) is 9.10. The minimum absolute atomic E-state index is 0.188. The molecule has 0 spiro atoms. The van der Waals surface area contributed by atoms with E-state index in [1.807, 2.05) is 35.3 Å². The maximum absolute atomic E-state index is 11.5. The second-order valence-electron chi connectivity index (χ2n) is 3.54. The van der Waals surface area contributed by atoms with E-state index in [1.54, 1.807) is 11.0 Å². The number of allylic oxidation sites excluding steroid dienone is 1. The van der Waals surface area contributed by atoms with E-state index in [0.717, 1.165) is 18.7 Å². The van der Waals surface area contributed by atoms with Gasteiger partial charge in [0, 0.05) is 31.6 Å². The Balaban J connectivity index is 2.23. The average molecular weight is 202 g/mol. The van der Waals surface area contributed by atoms with Crippen molar-refractivity contribution in [3.63, 3.8) is 0 Å². The van der Waals surface area contributed by atoms with Crippen LogP contribution in [0.1, 0.15) is 12.8 Å². The van der Waals surface area contributed by atoms with Crippen LogP contribution in [0, 0.1) is 0 Å². The molecule has 0 aromatic carbocycles. The first-order chi connectivity index (χ1) is 7.31. The number of carbonyl (C=O) groups is 1. The largest absolute Gasteiger partial charge is 0.328 e. The van der Waals surface area contributed by atoms with Crippen LogP contribution in [-0.2, 0) is 4.79 Å². The van der Waals surface area contributed by atoms with E-state index in [1.165, 1.54) is 0 Å². The zero-order valence-electron chi connectivity index (χ0n) is 8.60. The molecule has 3 nitrogen and oxygen atoms in total. The Labute approximate surface area is 89.3 Å². The fourth-order valence-electron chi connectivity index (χ4n) is 1.74. The zero-order valence-corrected chi connectivity index (χ0v) is 8.60. The standard InChI is InChI=1S/C12H14N2O/c1-2-11(10-13-7-3-4-8-13)14-9-5-6-12(14)15/h2-4,7-8,10H,1,5-6,9H2.